The second-order valence-electron chi connectivity index (χ2n) is 21.0. The van der Waals surface area contributed by atoms with Gasteiger partial charge in [-0.25, -0.2) is 9.80 Å². The Morgan fingerprint density at radius 3 is 0.989 bits per heavy atom. The molecule has 4 heterocycles. The van der Waals surface area contributed by atoms with Crippen molar-refractivity contribution in [2.24, 2.45) is 0 Å². The van der Waals surface area contributed by atoms with Crippen molar-refractivity contribution in [3.63, 3.8) is 0 Å². The fourth-order valence-corrected chi connectivity index (χ4v) is 10.5. The zero-order valence-corrected chi connectivity index (χ0v) is 50.8. The number of nitrogens with zero attached hydrogens (tertiary/aromatic N) is 4. The van der Waals surface area contributed by atoms with Crippen LogP contribution in [0, 0.1) is 42.7 Å². The molecular formula is C76H48N4O8Y-2. The number of rotatable bonds is 7. The third-order valence-corrected chi connectivity index (χ3v) is 15.2. The molecule has 89 heavy (non-hydrogen) atoms. The number of anilines is 3. The van der Waals surface area contributed by atoms with Gasteiger partial charge in [0.2, 0.25) is 23.6 Å². The Bertz CT molecular complexity index is 4570. The summed E-state index contributed by atoms with van der Waals surface area (Å²) in [5, 5.41) is 0. The van der Waals surface area contributed by atoms with Crippen LogP contribution >= 0.6 is 0 Å². The first-order chi connectivity index (χ1) is 42.8. The second kappa shape index (κ2) is 25.9. The van der Waals surface area contributed by atoms with Crippen LogP contribution in [0.25, 0.3) is 0 Å². The zero-order valence-electron chi connectivity index (χ0n) is 48.0. The monoisotopic (exact) mass is 1230 g/mol. The van der Waals surface area contributed by atoms with Gasteiger partial charge in [0, 0.05) is 62.0 Å². The smallest absolute Gasteiger partial charge is 0.266 e. The number of fused-ring (bicyclic) bond motifs is 4. The number of amides is 8. The number of hydrogen-bond donors (Lipinski definition) is 0. The number of hydrogen-bond acceptors (Lipinski definition) is 8. The molecule has 14 rings (SSSR count). The molecule has 13 heteroatoms. The van der Waals surface area contributed by atoms with Crippen LogP contribution in [-0.2, 0) is 45.6 Å². The van der Waals surface area contributed by atoms with Gasteiger partial charge in [0.25, 0.3) is 23.6 Å². The summed E-state index contributed by atoms with van der Waals surface area (Å²) in [5.41, 5.74) is 13.4. The van der Waals surface area contributed by atoms with Crippen LogP contribution < -0.4 is 14.7 Å². The predicted molar refractivity (Wildman–Crippen MR) is 334 cm³/mol. The van der Waals surface area contributed by atoms with Crippen LogP contribution in [0.3, 0.4) is 0 Å². The van der Waals surface area contributed by atoms with E-state index in [0.717, 1.165) is 39.1 Å². The number of benzene rings is 10. The van der Waals surface area contributed by atoms with Crippen LogP contribution in [0.5, 0.6) is 0 Å². The molecule has 1 radical (unpaired) electrons. The van der Waals surface area contributed by atoms with E-state index in [1.165, 1.54) is 38.9 Å². The summed E-state index contributed by atoms with van der Waals surface area (Å²) in [6.45, 7) is 2.07. The molecule has 0 aromatic heterocycles. The zero-order chi connectivity index (χ0) is 61.0. The van der Waals surface area contributed by atoms with Gasteiger partial charge in [-0.1, -0.05) is 149 Å². The molecule has 0 unspecified atom stereocenters. The van der Waals surface area contributed by atoms with Gasteiger partial charge in [-0.3, -0.25) is 48.2 Å². The Morgan fingerprint density at radius 1 is 0.315 bits per heavy atom. The predicted octanol–water partition coefficient (Wildman–Crippen LogP) is 12.6. The molecule has 4 aliphatic heterocycles. The van der Waals surface area contributed by atoms with Crippen LogP contribution in [-0.4, -0.2) is 59.2 Å². The molecule has 10 aromatic rings. The van der Waals surface area contributed by atoms with Gasteiger partial charge in [0.1, 0.15) is 0 Å². The molecule has 0 saturated heterocycles. The fraction of sp³-hybridized carbons (Fsp3) is 0.0526. The molecule has 425 valence electrons. The number of aryl methyl sites for hydroxylation is 1. The van der Waals surface area contributed by atoms with E-state index in [1.807, 2.05) is 109 Å². The third kappa shape index (κ3) is 12.4. The Kier molecular flexibility index (Phi) is 17.4. The first kappa shape index (κ1) is 59.7. The Morgan fingerprint density at radius 2 is 0.618 bits per heavy atom. The van der Waals surface area contributed by atoms with Gasteiger partial charge in [-0.05, 0) is 139 Å². The SMILES string of the molecule is CN1C(=O)c2c[c-]ccc2C1=O.Cc1ccc(Cc2ccc(N3C(=O)c4ccc(C#Cc5ccccc5)cc4C3=O)cc2)cc1.O=C1c2c[c-]ccc2C(=O)N1c1ccc(Cc2ccc(N3C(=O)c4ccc(C#Cc5ccccc5)cc4C3=O)cc2)cc1.[Y]. The quantitative estimate of drug-likeness (QED) is 0.0870. The van der Waals surface area contributed by atoms with Crippen molar-refractivity contribution in [3.8, 4) is 23.7 Å². The van der Waals surface area contributed by atoms with E-state index in [0.29, 0.717) is 79.1 Å². The molecule has 0 bridgehead atoms. The van der Waals surface area contributed by atoms with E-state index in [9.17, 15) is 38.4 Å². The second-order valence-corrected chi connectivity index (χ2v) is 21.0. The van der Waals surface area contributed by atoms with Crippen molar-refractivity contribution in [1.82, 2.24) is 4.90 Å². The van der Waals surface area contributed by atoms with Gasteiger partial charge in [0.15, 0.2) is 0 Å². The van der Waals surface area contributed by atoms with Gasteiger partial charge in [-0.15, -0.1) is 0 Å². The molecule has 12 nitrogen and oxygen atoms in total. The third-order valence-electron chi connectivity index (χ3n) is 15.2. The Hall–Kier alpha value is -11.0. The minimum Gasteiger partial charge on any atom is -0.290 e. The molecule has 0 aliphatic carbocycles. The normalized spacial score (nSPS) is 13.2. The maximum Gasteiger partial charge on any atom is 0.266 e. The van der Waals surface area contributed by atoms with Crippen molar-refractivity contribution in [1.29, 1.82) is 0 Å². The van der Waals surface area contributed by atoms with Crippen LogP contribution in [0.15, 0.2) is 231 Å². The van der Waals surface area contributed by atoms with E-state index < -0.39 is 0 Å². The Balaban J connectivity index is 0.000000156. The summed E-state index contributed by atoms with van der Waals surface area (Å²) >= 11 is 0. The van der Waals surface area contributed by atoms with Crippen molar-refractivity contribution in [2.45, 2.75) is 19.8 Å². The molecule has 8 amide bonds. The molecule has 0 fully saturated rings. The van der Waals surface area contributed by atoms with Crippen molar-refractivity contribution >= 4 is 64.3 Å². The first-order valence-electron chi connectivity index (χ1n) is 28.0. The minimum absolute atomic E-state index is 0. The van der Waals surface area contributed by atoms with Crippen LogP contribution in [0.4, 0.5) is 17.1 Å². The molecule has 4 aliphatic rings. The van der Waals surface area contributed by atoms with E-state index in [2.05, 4.69) is 67.0 Å². The van der Waals surface area contributed by atoms with E-state index in [4.69, 9.17) is 0 Å². The summed E-state index contributed by atoms with van der Waals surface area (Å²) in [6.07, 6.45) is 1.38. The van der Waals surface area contributed by atoms with Crippen LogP contribution in [0.1, 0.15) is 133 Å². The van der Waals surface area contributed by atoms with E-state index in [-0.39, 0.29) is 80.0 Å². The standard InChI is InChI=1S/C37H21N2O4.C30H21NO2.C9H6NO2.Y/c40-34-30-8-4-5-9-31(30)35(41)38(34)28-17-12-25(13-18-28)22-26-14-19-29(20-15-26)39-36(42)32-21-16-27(23-33(32)37(39)43)11-10-24-6-2-1-3-7-24;1-21-7-9-23(10-8-21)19-24-13-16-26(17-14-24)31-29(32)27-18-15-25(20-28(27)30(31)33)12-11-22-5-3-2-4-6-22;1-10-8(11)6-4-2-3-5-7(6)9(10)12;/h1-4,6-9,12-21,23H,22H2;2-10,13-18,20H,19H2,1H3;2,4-5H,1H3;/q-1;;-1;. The maximum absolute atomic E-state index is 13.3. The first-order valence-corrected chi connectivity index (χ1v) is 28.0. The van der Waals surface area contributed by atoms with Crippen molar-refractivity contribution in [3.05, 3.63) is 337 Å². The summed E-state index contributed by atoms with van der Waals surface area (Å²) in [4.78, 5) is 105. The van der Waals surface area contributed by atoms with Gasteiger partial charge < -0.3 is 0 Å². The number of carbonyl (C=O) groups excluding carboxylic acids is 8. The fourth-order valence-electron chi connectivity index (χ4n) is 10.5. The maximum atomic E-state index is 13.3. The largest absolute Gasteiger partial charge is 0.290 e. The van der Waals surface area contributed by atoms with Crippen molar-refractivity contribution in [2.75, 3.05) is 21.7 Å². The molecule has 0 spiro atoms. The van der Waals surface area contributed by atoms with Gasteiger partial charge in [-0.2, -0.15) is 48.5 Å². The number of imide groups is 4. The summed E-state index contributed by atoms with van der Waals surface area (Å²) in [5.74, 6) is 9.79. The average Bonchev–Trinajstić information content (AvgIpc) is 2.23. The van der Waals surface area contributed by atoms with Gasteiger partial charge in [0.05, 0.1) is 39.3 Å². The molecule has 0 saturated carbocycles. The Labute approximate surface area is 538 Å². The van der Waals surface area contributed by atoms with Crippen molar-refractivity contribution < 1.29 is 71.1 Å². The molecule has 0 N–H and O–H groups in total. The molecular weight excluding hydrogens is 1190 g/mol. The van der Waals surface area contributed by atoms with E-state index in [1.54, 1.807) is 91.0 Å². The molecule has 10 aromatic carbocycles. The van der Waals surface area contributed by atoms with Gasteiger partial charge >= 0.3 is 0 Å². The average molecular weight is 1230 g/mol. The minimum atomic E-state index is -0.377. The summed E-state index contributed by atoms with van der Waals surface area (Å²) in [7, 11) is 1.48. The number of carbonyl (C=O) groups is 8. The van der Waals surface area contributed by atoms with E-state index >= 15 is 0 Å². The molecule has 0 atom stereocenters. The van der Waals surface area contributed by atoms with Crippen LogP contribution in [0.2, 0.25) is 0 Å². The summed E-state index contributed by atoms with van der Waals surface area (Å²) in [6, 6.07) is 75.2. The topological polar surface area (TPSA) is 150 Å². The summed E-state index contributed by atoms with van der Waals surface area (Å²) < 4.78 is 0.